The summed E-state index contributed by atoms with van der Waals surface area (Å²) in [6, 6.07) is 7.53. The van der Waals surface area contributed by atoms with E-state index in [0.717, 1.165) is 26.2 Å². The molecule has 1 N–H and O–H groups in total. The molecule has 2 heterocycles. The van der Waals surface area contributed by atoms with Crippen LogP contribution in [0.1, 0.15) is 24.8 Å². The normalized spacial score (nSPS) is 20.7. The quantitative estimate of drug-likeness (QED) is 0.885. The van der Waals surface area contributed by atoms with E-state index >= 15 is 0 Å². The van der Waals surface area contributed by atoms with Crippen molar-refractivity contribution in [2.45, 2.75) is 32.2 Å². The Labute approximate surface area is 142 Å². The third kappa shape index (κ3) is 5.03. The maximum Gasteiger partial charge on any atom is 0.272 e. The summed E-state index contributed by atoms with van der Waals surface area (Å²) in [5.74, 6) is 0.514. The van der Waals surface area contributed by atoms with Gasteiger partial charge < -0.3 is 10.1 Å². The fourth-order valence-electron chi connectivity index (χ4n) is 3.64. The number of ether oxygens (including phenoxy) is 1. The number of nitrogens with zero attached hydrogens (tertiary/aromatic N) is 1. The Morgan fingerprint density at radius 2 is 1.83 bits per heavy atom. The molecule has 3 nitrogen and oxygen atoms in total. The Bertz CT molecular complexity index is 478. The number of hydrogen-bond acceptors (Lipinski definition) is 3. The summed E-state index contributed by atoms with van der Waals surface area (Å²) >= 11 is 0. The first-order valence-electron chi connectivity index (χ1n) is 8.08. The zero-order chi connectivity index (χ0) is 15.4. The molecule has 2 saturated heterocycles. The van der Waals surface area contributed by atoms with Crippen LogP contribution in [0.2, 0.25) is 0 Å². The van der Waals surface area contributed by atoms with Gasteiger partial charge in [0.1, 0.15) is 12.4 Å². The van der Waals surface area contributed by atoms with Gasteiger partial charge in [0.05, 0.1) is 0 Å². The van der Waals surface area contributed by atoms with Crippen LogP contribution in [0.25, 0.3) is 0 Å². The van der Waals surface area contributed by atoms with Gasteiger partial charge >= 0.3 is 0 Å². The van der Waals surface area contributed by atoms with Crippen LogP contribution < -0.4 is 10.1 Å². The van der Waals surface area contributed by atoms with Crippen molar-refractivity contribution in [3.8, 4) is 5.75 Å². The van der Waals surface area contributed by atoms with Crippen molar-refractivity contribution in [3.05, 3.63) is 29.8 Å². The van der Waals surface area contributed by atoms with E-state index in [1.165, 1.54) is 31.4 Å². The molecule has 130 valence electrons. The monoisotopic (exact) mass is 346 g/mol. The predicted octanol–water partition coefficient (Wildman–Crippen LogP) is 3.33. The summed E-state index contributed by atoms with van der Waals surface area (Å²) in [5.41, 5.74) is 1.74. The minimum Gasteiger partial charge on any atom is -0.488 e. The molecule has 0 aromatic heterocycles. The SMILES string of the molecule is Cl.FC(F)COc1ccc(CN2CCC3(CCNCC3)C2)cc1. The Kier molecular flexibility index (Phi) is 6.62. The molecule has 0 unspecified atom stereocenters. The summed E-state index contributed by atoms with van der Waals surface area (Å²) in [6.07, 6.45) is 1.43. The third-order valence-corrected chi connectivity index (χ3v) is 4.89. The average molecular weight is 347 g/mol. The van der Waals surface area contributed by atoms with Crippen LogP contribution in [-0.2, 0) is 6.54 Å². The van der Waals surface area contributed by atoms with Crippen molar-refractivity contribution in [2.24, 2.45) is 5.41 Å². The summed E-state index contributed by atoms with van der Waals surface area (Å²) in [7, 11) is 0. The molecule has 2 fully saturated rings. The van der Waals surface area contributed by atoms with Gasteiger partial charge in [-0.15, -0.1) is 12.4 Å². The lowest BCUT2D eigenvalue weighted by atomic mass is 9.78. The highest BCUT2D eigenvalue weighted by molar-refractivity contribution is 5.85. The average Bonchev–Trinajstić information content (AvgIpc) is 2.89. The topological polar surface area (TPSA) is 24.5 Å². The molecule has 0 radical (unpaired) electrons. The van der Waals surface area contributed by atoms with E-state index in [1.807, 2.05) is 12.1 Å². The molecule has 1 spiro atoms. The van der Waals surface area contributed by atoms with Crippen molar-refractivity contribution in [3.63, 3.8) is 0 Å². The van der Waals surface area contributed by atoms with Gasteiger partial charge in [0.15, 0.2) is 0 Å². The third-order valence-electron chi connectivity index (χ3n) is 4.89. The molecule has 0 amide bonds. The number of likely N-dealkylation sites (tertiary alicyclic amines) is 1. The molecular formula is C17H25ClF2N2O. The second-order valence-corrected chi connectivity index (χ2v) is 6.56. The second kappa shape index (κ2) is 8.27. The number of halogens is 3. The highest BCUT2D eigenvalue weighted by atomic mass is 35.5. The van der Waals surface area contributed by atoms with Gasteiger partial charge in [-0.1, -0.05) is 12.1 Å². The fraction of sp³-hybridized carbons (Fsp3) is 0.647. The van der Waals surface area contributed by atoms with Crippen LogP contribution in [0.4, 0.5) is 8.78 Å². The molecule has 0 bridgehead atoms. The fourth-order valence-corrected chi connectivity index (χ4v) is 3.64. The highest BCUT2D eigenvalue weighted by Gasteiger charge is 2.38. The van der Waals surface area contributed by atoms with E-state index in [1.54, 1.807) is 12.1 Å². The Hall–Kier alpha value is -0.910. The highest BCUT2D eigenvalue weighted by Crippen LogP contribution is 2.39. The number of benzene rings is 1. The number of nitrogens with one attached hydrogen (secondary N) is 1. The van der Waals surface area contributed by atoms with Crippen LogP contribution in [0.15, 0.2) is 24.3 Å². The van der Waals surface area contributed by atoms with E-state index in [4.69, 9.17) is 4.74 Å². The van der Waals surface area contributed by atoms with Gasteiger partial charge in [-0.05, 0) is 62.0 Å². The largest absolute Gasteiger partial charge is 0.488 e. The van der Waals surface area contributed by atoms with Crippen LogP contribution in [0.5, 0.6) is 5.75 Å². The zero-order valence-electron chi connectivity index (χ0n) is 13.3. The van der Waals surface area contributed by atoms with E-state index < -0.39 is 13.0 Å². The van der Waals surface area contributed by atoms with Crippen molar-refractivity contribution in [2.75, 3.05) is 32.8 Å². The van der Waals surface area contributed by atoms with E-state index in [9.17, 15) is 8.78 Å². The first kappa shape index (κ1) is 18.4. The smallest absolute Gasteiger partial charge is 0.272 e. The van der Waals surface area contributed by atoms with Crippen LogP contribution in [-0.4, -0.2) is 44.1 Å². The van der Waals surface area contributed by atoms with E-state index in [2.05, 4.69) is 10.2 Å². The van der Waals surface area contributed by atoms with Crippen LogP contribution in [0.3, 0.4) is 0 Å². The minimum atomic E-state index is -2.43. The maximum absolute atomic E-state index is 12.1. The first-order chi connectivity index (χ1) is 10.7. The lowest BCUT2D eigenvalue weighted by Gasteiger charge is -2.33. The molecular weight excluding hydrogens is 322 g/mol. The van der Waals surface area contributed by atoms with Crippen molar-refractivity contribution >= 4 is 12.4 Å². The maximum atomic E-state index is 12.1. The van der Waals surface area contributed by atoms with Crippen LogP contribution in [0, 0.1) is 5.41 Å². The molecule has 23 heavy (non-hydrogen) atoms. The van der Waals surface area contributed by atoms with Gasteiger partial charge in [-0.2, -0.15) is 0 Å². The molecule has 0 atom stereocenters. The van der Waals surface area contributed by atoms with Gasteiger partial charge in [0, 0.05) is 13.1 Å². The summed E-state index contributed by atoms with van der Waals surface area (Å²) < 4.78 is 29.2. The molecule has 0 aliphatic carbocycles. The molecule has 1 aromatic rings. The molecule has 3 rings (SSSR count). The second-order valence-electron chi connectivity index (χ2n) is 6.56. The molecule has 6 heteroatoms. The first-order valence-corrected chi connectivity index (χ1v) is 8.08. The summed E-state index contributed by atoms with van der Waals surface area (Å²) in [6.45, 7) is 5.02. The van der Waals surface area contributed by atoms with Gasteiger partial charge in [-0.3, -0.25) is 4.90 Å². The molecule has 2 aliphatic rings. The van der Waals surface area contributed by atoms with Crippen molar-refractivity contribution < 1.29 is 13.5 Å². The number of hydrogen-bond donors (Lipinski definition) is 1. The standard InChI is InChI=1S/C17H24F2N2O.ClH/c18-16(19)12-22-15-3-1-14(2-4-15)11-21-10-7-17(13-21)5-8-20-9-6-17;/h1-4,16,20H,5-13H2;1H. The molecule has 2 aliphatic heterocycles. The molecule has 0 saturated carbocycles. The Balaban J connectivity index is 0.00000192. The number of piperidine rings is 1. The summed E-state index contributed by atoms with van der Waals surface area (Å²) in [5, 5.41) is 3.44. The van der Waals surface area contributed by atoms with E-state index in [-0.39, 0.29) is 12.4 Å². The zero-order valence-corrected chi connectivity index (χ0v) is 14.1. The van der Waals surface area contributed by atoms with Gasteiger partial charge in [0.2, 0.25) is 0 Å². The van der Waals surface area contributed by atoms with E-state index in [0.29, 0.717) is 11.2 Å². The minimum absolute atomic E-state index is 0. The predicted molar refractivity (Wildman–Crippen MR) is 89.6 cm³/mol. The lowest BCUT2D eigenvalue weighted by molar-refractivity contribution is 0.0819. The van der Waals surface area contributed by atoms with Crippen LogP contribution >= 0.6 is 12.4 Å². The van der Waals surface area contributed by atoms with Crippen molar-refractivity contribution in [1.29, 1.82) is 0 Å². The summed E-state index contributed by atoms with van der Waals surface area (Å²) in [4.78, 5) is 2.51. The van der Waals surface area contributed by atoms with Gasteiger partial charge in [0.25, 0.3) is 6.43 Å². The Morgan fingerprint density at radius 3 is 2.48 bits per heavy atom. The lowest BCUT2D eigenvalue weighted by Crippen LogP contribution is -2.38. The number of rotatable bonds is 5. The Morgan fingerprint density at radius 1 is 1.13 bits per heavy atom. The number of alkyl halides is 2. The van der Waals surface area contributed by atoms with Crippen molar-refractivity contribution in [1.82, 2.24) is 10.2 Å². The van der Waals surface area contributed by atoms with Gasteiger partial charge in [-0.25, -0.2) is 8.78 Å². The molecule has 1 aromatic carbocycles.